The van der Waals surface area contributed by atoms with Gasteiger partial charge in [0.05, 0.1) is 12.3 Å². The monoisotopic (exact) mass is 353 g/mol. The van der Waals surface area contributed by atoms with Crippen molar-refractivity contribution in [3.63, 3.8) is 0 Å². The Kier molecular flexibility index (Phi) is 1.66. The zero-order valence-corrected chi connectivity index (χ0v) is 11.3. The lowest BCUT2D eigenvalue weighted by atomic mass is 10.3. The maximum Gasteiger partial charge on any atom is 0.311 e. The zero-order valence-electron chi connectivity index (χ0n) is 8.35. The summed E-state index contributed by atoms with van der Waals surface area (Å²) in [7, 11) is 0. The van der Waals surface area contributed by atoms with Gasteiger partial charge in [-0.2, -0.15) is 0 Å². The molecule has 0 aromatic rings. The molecule has 3 aliphatic heterocycles. The molecule has 4 aliphatic rings. The number of nitrogens with one attached hydrogen (secondary N) is 1. The second kappa shape index (κ2) is 2.68. The number of quaternary nitrogens is 1. The van der Waals surface area contributed by atoms with Crippen molar-refractivity contribution < 1.29 is 13.8 Å². The maximum atomic E-state index is 12.3. The van der Waals surface area contributed by atoms with Crippen LogP contribution in [0.5, 0.6) is 0 Å². The first-order valence-corrected chi connectivity index (χ1v) is 7.43. The van der Waals surface area contributed by atoms with Crippen LogP contribution in [0.3, 0.4) is 0 Å². The van der Waals surface area contributed by atoms with Gasteiger partial charge in [-0.1, -0.05) is 5.43 Å². The van der Waals surface area contributed by atoms with Crippen LogP contribution in [-0.2, 0) is 9.59 Å². The van der Waals surface area contributed by atoms with Crippen LogP contribution in [0.25, 0.3) is 0 Å². The fourth-order valence-corrected chi connectivity index (χ4v) is 5.06. The van der Waals surface area contributed by atoms with E-state index in [1.807, 2.05) is 0 Å². The van der Waals surface area contributed by atoms with Crippen molar-refractivity contribution in [2.75, 3.05) is 12.3 Å². The van der Waals surface area contributed by atoms with Gasteiger partial charge in [-0.25, -0.2) is 0 Å². The number of carbonyl (C=O) groups excluding carboxylic acids is 2. The molecule has 2 atom stereocenters. The molecular formula is C8H10IN4O2S+. The number of nitrogens with zero attached hydrogens (tertiary/aromatic N) is 3. The first kappa shape index (κ1) is 9.92. The molecule has 16 heavy (non-hydrogen) atoms. The Morgan fingerprint density at radius 3 is 2.94 bits per heavy atom. The quantitative estimate of drug-likeness (QED) is 0.215. The molecule has 1 saturated carbocycles. The highest BCUT2D eigenvalue weighted by Gasteiger charge is 2.78. The fourth-order valence-electron chi connectivity index (χ4n) is 2.62. The third-order valence-electron chi connectivity index (χ3n) is 3.59. The third kappa shape index (κ3) is 0.865. The molecule has 4 rings (SSSR count). The van der Waals surface area contributed by atoms with Crippen LogP contribution in [0.4, 0.5) is 0 Å². The van der Waals surface area contributed by atoms with E-state index in [9.17, 15) is 9.59 Å². The van der Waals surface area contributed by atoms with Crippen LogP contribution in [0.1, 0.15) is 12.8 Å². The second-order valence-corrected chi connectivity index (χ2v) is 6.87. The van der Waals surface area contributed by atoms with Crippen molar-refractivity contribution in [1.29, 1.82) is 0 Å². The molecule has 3 heterocycles. The Hall–Kier alpha value is -0.0600. The summed E-state index contributed by atoms with van der Waals surface area (Å²) < 4.78 is -0.156. The number of hydrogen-bond acceptors (Lipinski definition) is 4. The van der Waals surface area contributed by atoms with E-state index in [1.165, 1.54) is 0 Å². The fraction of sp³-hybridized carbons (Fsp3) is 0.750. The minimum Gasteiger partial charge on any atom is -0.267 e. The third-order valence-corrected chi connectivity index (χ3v) is 5.84. The molecule has 2 unspecified atom stereocenters. The molecule has 1 N–H and O–H groups in total. The van der Waals surface area contributed by atoms with Gasteiger partial charge in [0.25, 0.3) is 5.91 Å². The minimum atomic E-state index is -0.361. The summed E-state index contributed by atoms with van der Waals surface area (Å²) in [4.78, 5) is 24.3. The number of amides is 2. The molecule has 6 nitrogen and oxygen atoms in total. The lowest BCUT2D eigenvalue weighted by Crippen LogP contribution is -2.58. The predicted molar refractivity (Wildman–Crippen MR) is 64.2 cm³/mol. The highest BCUT2D eigenvalue weighted by Crippen LogP contribution is 2.54. The maximum absolute atomic E-state index is 12.3. The van der Waals surface area contributed by atoms with Gasteiger partial charge in [0.1, 0.15) is 0 Å². The van der Waals surface area contributed by atoms with Gasteiger partial charge >= 0.3 is 5.91 Å². The van der Waals surface area contributed by atoms with Crippen LogP contribution < -0.4 is 5.43 Å². The topological polar surface area (TPSA) is 52.7 Å². The molecule has 0 bridgehead atoms. The number of halogens is 1. The Morgan fingerprint density at radius 1 is 1.50 bits per heavy atom. The standard InChI is InChI=1S/C8H10IN4O2S/c9-5-6(14)11-3-4-16-13(11)10-8(1-2-8)7(15)12(5)13/h5,10H,1-4H2/q+1. The lowest BCUT2D eigenvalue weighted by Gasteiger charge is -2.28. The summed E-state index contributed by atoms with van der Waals surface area (Å²) in [6.45, 7) is 0.718. The summed E-state index contributed by atoms with van der Waals surface area (Å²) in [6, 6.07) is 0. The van der Waals surface area contributed by atoms with Crippen LogP contribution in [-0.4, -0.2) is 47.9 Å². The number of rotatable bonds is 0. The summed E-state index contributed by atoms with van der Waals surface area (Å²) >= 11 is 3.68. The highest BCUT2D eigenvalue weighted by molar-refractivity contribution is 14.1. The average molecular weight is 353 g/mol. The van der Waals surface area contributed by atoms with E-state index in [2.05, 4.69) is 28.0 Å². The molecule has 4 fully saturated rings. The second-order valence-electron chi connectivity index (χ2n) is 4.52. The first-order valence-electron chi connectivity index (χ1n) is 5.24. The smallest absolute Gasteiger partial charge is 0.267 e. The average Bonchev–Trinajstić information content (AvgIpc) is 2.78. The van der Waals surface area contributed by atoms with E-state index in [0.717, 1.165) is 25.1 Å². The van der Waals surface area contributed by atoms with E-state index < -0.39 is 0 Å². The largest absolute Gasteiger partial charge is 0.311 e. The normalized spacial score (nSPS) is 43.2. The van der Waals surface area contributed by atoms with Crippen molar-refractivity contribution in [3.8, 4) is 0 Å². The van der Waals surface area contributed by atoms with Gasteiger partial charge in [-0.15, -0.1) is 10.0 Å². The van der Waals surface area contributed by atoms with E-state index in [-0.39, 0.29) is 25.6 Å². The molecular weight excluding hydrogens is 343 g/mol. The van der Waals surface area contributed by atoms with Gasteiger partial charge in [0, 0.05) is 4.22 Å². The van der Waals surface area contributed by atoms with Gasteiger partial charge in [0.15, 0.2) is 17.5 Å². The molecule has 1 aliphatic carbocycles. The van der Waals surface area contributed by atoms with Crippen molar-refractivity contribution in [2.45, 2.75) is 22.4 Å². The van der Waals surface area contributed by atoms with Crippen molar-refractivity contribution >= 4 is 46.4 Å². The molecule has 0 aromatic carbocycles. The number of hydrogen-bond donors (Lipinski definition) is 1. The van der Waals surface area contributed by atoms with Gasteiger partial charge in [-0.05, 0) is 35.4 Å². The van der Waals surface area contributed by atoms with E-state index in [4.69, 9.17) is 0 Å². The van der Waals surface area contributed by atoms with E-state index in [1.54, 1.807) is 22.0 Å². The summed E-state index contributed by atoms with van der Waals surface area (Å²) in [5, 5.41) is 3.47. The van der Waals surface area contributed by atoms with Crippen molar-refractivity contribution in [2.24, 2.45) is 0 Å². The Balaban J connectivity index is 1.87. The van der Waals surface area contributed by atoms with Crippen molar-refractivity contribution in [3.05, 3.63) is 0 Å². The molecule has 2 spiro atoms. The number of alkyl halides is 1. The number of carbonyl (C=O) groups is 2. The van der Waals surface area contributed by atoms with Crippen molar-refractivity contribution in [1.82, 2.24) is 15.4 Å². The summed E-state index contributed by atoms with van der Waals surface area (Å²) in [5.41, 5.74) is 3.01. The van der Waals surface area contributed by atoms with Crippen LogP contribution in [0.2, 0.25) is 0 Å². The Morgan fingerprint density at radius 2 is 2.25 bits per heavy atom. The highest BCUT2D eigenvalue weighted by atomic mass is 127. The molecule has 86 valence electrons. The van der Waals surface area contributed by atoms with Gasteiger partial charge in [-0.3, -0.25) is 9.59 Å². The summed E-state index contributed by atoms with van der Waals surface area (Å²) in [5.74, 6) is 1.02. The molecule has 0 aromatic heterocycles. The lowest BCUT2D eigenvalue weighted by molar-refractivity contribution is -1.01. The summed E-state index contributed by atoms with van der Waals surface area (Å²) in [6.07, 6.45) is 1.79. The van der Waals surface area contributed by atoms with E-state index in [0.29, 0.717) is 0 Å². The molecule has 8 heteroatoms. The van der Waals surface area contributed by atoms with Crippen LogP contribution in [0, 0.1) is 0 Å². The van der Waals surface area contributed by atoms with Crippen LogP contribution in [0.15, 0.2) is 0 Å². The van der Waals surface area contributed by atoms with Gasteiger partial charge in [0.2, 0.25) is 4.05 Å². The zero-order chi connectivity index (χ0) is 11.1. The Labute approximate surface area is 110 Å². The Bertz CT molecular complexity index is 428. The van der Waals surface area contributed by atoms with E-state index >= 15 is 0 Å². The van der Waals surface area contributed by atoms with Gasteiger partial charge < -0.3 is 0 Å². The van der Waals surface area contributed by atoms with Crippen LogP contribution >= 0.6 is 34.5 Å². The SMILES string of the molecule is O=C1C(I)N2C(=O)C3(CC3)N[N+]23SCCN13. The minimum absolute atomic E-state index is 0.0435. The molecule has 0 radical (unpaired) electrons. The first-order chi connectivity index (χ1) is 7.61. The molecule has 2 amide bonds. The predicted octanol–water partition coefficient (Wildman–Crippen LogP) is -0.222. The molecule has 3 saturated heterocycles.